The van der Waals surface area contributed by atoms with Crippen molar-refractivity contribution in [3.63, 3.8) is 0 Å². The third-order valence-electron chi connectivity index (χ3n) is 9.36. The van der Waals surface area contributed by atoms with Gasteiger partial charge in [-0.3, -0.25) is 39.4 Å². The van der Waals surface area contributed by atoms with E-state index in [2.05, 4.69) is 25.9 Å². The van der Waals surface area contributed by atoms with E-state index in [1.807, 2.05) is 24.5 Å². The molecule has 0 bridgehead atoms. The minimum absolute atomic E-state index is 0.0950. The summed E-state index contributed by atoms with van der Waals surface area (Å²) in [5.41, 5.74) is 3.63. The number of allylic oxidation sites excluding steroid dienone is 1. The Morgan fingerprint density at radius 3 is 2.62 bits per heavy atom. The summed E-state index contributed by atoms with van der Waals surface area (Å²) in [4.78, 5) is 59.7. The number of anilines is 1. The topological polar surface area (TPSA) is 157 Å². The van der Waals surface area contributed by atoms with Gasteiger partial charge in [0.2, 0.25) is 11.8 Å². The molecule has 4 aliphatic rings. The van der Waals surface area contributed by atoms with Crippen molar-refractivity contribution in [2.75, 3.05) is 11.9 Å². The molecule has 0 spiro atoms. The number of fused-ring (bicyclic) bond motifs is 2. The molecule has 3 fully saturated rings. The summed E-state index contributed by atoms with van der Waals surface area (Å²) in [7, 11) is 0. The van der Waals surface area contributed by atoms with Gasteiger partial charge in [0.15, 0.2) is 0 Å². The van der Waals surface area contributed by atoms with Crippen molar-refractivity contribution in [1.29, 1.82) is 5.41 Å². The van der Waals surface area contributed by atoms with E-state index in [1.54, 1.807) is 30.6 Å². The van der Waals surface area contributed by atoms with Gasteiger partial charge in [-0.1, -0.05) is 0 Å². The van der Waals surface area contributed by atoms with Crippen LogP contribution in [0.1, 0.15) is 77.8 Å². The van der Waals surface area contributed by atoms with Gasteiger partial charge < -0.3 is 16.0 Å². The minimum Gasteiger partial charge on any atom is -0.388 e. The van der Waals surface area contributed by atoms with E-state index in [1.165, 1.54) is 0 Å². The fraction of sp³-hybridized carbons (Fsp3) is 0.382. The van der Waals surface area contributed by atoms with E-state index < -0.39 is 29.7 Å². The Balaban J connectivity index is 0.899. The summed E-state index contributed by atoms with van der Waals surface area (Å²) in [5, 5.41) is 20.0. The molecule has 1 aromatic carbocycles. The van der Waals surface area contributed by atoms with Crippen molar-refractivity contribution in [3.05, 3.63) is 71.9 Å². The molecule has 4 amide bonds. The van der Waals surface area contributed by atoms with E-state index in [-0.39, 0.29) is 24.0 Å². The number of carbonyl (C=O) groups is 4. The lowest BCUT2D eigenvalue weighted by Crippen LogP contribution is -2.54. The van der Waals surface area contributed by atoms with Crippen molar-refractivity contribution in [2.24, 2.45) is 11.8 Å². The van der Waals surface area contributed by atoms with Gasteiger partial charge in [0.05, 0.1) is 16.8 Å². The number of nitrogens with one attached hydrogen (secondary N) is 4. The number of rotatable bonds is 11. The second kappa shape index (κ2) is 11.9. The molecule has 1 unspecified atom stereocenters. The first-order valence-electron chi connectivity index (χ1n) is 15.7. The van der Waals surface area contributed by atoms with E-state index >= 15 is 0 Å². The van der Waals surface area contributed by atoms with Crippen LogP contribution in [0.4, 0.5) is 5.69 Å². The molecule has 1 atom stereocenters. The molecule has 4 N–H and O–H groups in total. The Kier molecular flexibility index (Phi) is 7.60. The fourth-order valence-corrected chi connectivity index (χ4v) is 6.60. The second-order valence-electron chi connectivity index (χ2n) is 12.5. The lowest BCUT2D eigenvalue weighted by Gasteiger charge is -2.36. The average molecular weight is 606 g/mol. The molecule has 1 saturated heterocycles. The fourth-order valence-electron chi connectivity index (χ4n) is 6.60. The highest BCUT2D eigenvalue weighted by Crippen LogP contribution is 2.37. The molecule has 2 saturated carbocycles. The maximum Gasteiger partial charge on any atom is 0.262 e. The molecule has 11 nitrogen and oxygen atoms in total. The number of hydrogen-bond acceptors (Lipinski definition) is 9. The maximum absolute atomic E-state index is 13.1. The average Bonchev–Trinajstić information content (AvgIpc) is 3.84. The molecule has 230 valence electrons. The van der Waals surface area contributed by atoms with E-state index in [0.29, 0.717) is 23.6 Å². The molecular formula is C34H35N7O4. The maximum atomic E-state index is 13.1. The first-order valence-corrected chi connectivity index (χ1v) is 15.7. The molecule has 0 radical (unpaired) electrons. The smallest absolute Gasteiger partial charge is 0.262 e. The third-order valence-corrected chi connectivity index (χ3v) is 9.36. The minimum atomic E-state index is -0.966. The first-order chi connectivity index (χ1) is 21.9. The zero-order valence-corrected chi connectivity index (χ0v) is 24.8. The Labute approximate surface area is 260 Å². The van der Waals surface area contributed by atoms with Gasteiger partial charge in [0, 0.05) is 72.1 Å². The molecule has 2 aromatic heterocycles. The van der Waals surface area contributed by atoms with Crippen molar-refractivity contribution in [2.45, 2.75) is 63.5 Å². The normalized spacial score (nSPS) is 23.1. The predicted molar refractivity (Wildman–Crippen MR) is 168 cm³/mol. The van der Waals surface area contributed by atoms with Crippen LogP contribution in [0.2, 0.25) is 0 Å². The Morgan fingerprint density at radius 2 is 1.82 bits per heavy atom. The Morgan fingerprint density at radius 1 is 1.02 bits per heavy atom. The number of pyridine rings is 2. The van der Waals surface area contributed by atoms with Crippen LogP contribution in [0.25, 0.3) is 16.3 Å². The number of piperidine rings is 1. The van der Waals surface area contributed by atoms with Gasteiger partial charge in [-0.2, -0.15) is 0 Å². The van der Waals surface area contributed by atoms with Crippen LogP contribution >= 0.6 is 0 Å². The zero-order chi connectivity index (χ0) is 31.1. The molecule has 45 heavy (non-hydrogen) atoms. The van der Waals surface area contributed by atoms with Gasteiger partial charge in [0.25, 0.3) is 11.8 Å². The van der Waals surface area contributed by atoms with Gasteiger partial charge >= 0.3 is 0 Å². The number of carbonyl (C=O) groups excluding carboxylic acids is 4. The van der Waals surface area contributed by atoms with Crippen LogP contribution in [0.15, 0.2) is 55.1 Å². The summed E-state index contributed by atoms with van der Waals surface area (Å²) >= 11 is 0. The van der Waals surface area contributed by atoms with E-state index in [0.717, 1.165) is 77.7 Å². The zero-order valence-electron chi connectivity index (χ0n) is 24.8. The van der Waals surface area contributed by atoms with Crippen molar-refractivity contribution >= 4 is 51.4 Å². The molecule has 3 aromatic rings. The van der Waals surface area contributed by atoms with Crippen molar-refractivity contribution < 1.29 is 19.2 Å². The van der Waals surface area contributed by atoms with Crippen LogP contribution in [-0.4, -0.2) is 62.8 Å². The Bertz CT molecular complexity index is 1750. The first kappa shape index (κ1) is 28.8. The summed E-state index contributed by atoms with van der Waals surface area (Å²) in [6.45, 7) is 0.732. The molecule has 2 aliphatic carbocycles. The largest absolute Gasteiger partial charge is 0.388 e. The van der Waals surface area contributed by atoms with E-state index in [4.69, 9.17) is 5.41 Å². The second-order valence-corrected chi connectivity index (χ2v) is 12.5. The number of nitrogens with zero attached hydrogens (tertiary/aromatic N) is 3. The number of aromatic nitrogens is 2. The molecule has 4 heterocycles. The molecule has 11 heteroatoms. The molecular weight excluding hydrogens is 570 g/mol. The van der Waals surface area contributed by atoms with Gasteiger partial charge in [-0.25, -0.2) is 0 Å². The van der Waals surface area contributed by atoms with Crippen LogP contribution in [0.3, 0.4) is 0 Å². The molecule has 2 aliphatic heterocycles. The van der Waals surface area contributed by atoms with Crippen LogP contribution in [-0.2, 0) is 9.59 Å². The number of benzene rings is 1. The Hall–Kier alpha value is -4.93. The van der Waals surface area contributed by atoms with E-state index in [9.17, 15) is 19.2 Å². The van der Waals surface area contributed by atoms with Crippen molar-refractivity contribution in [3.8, 4) is 0 Å². The predicted octanol–water partition coefficient (Wildman–Crippen LogP) is 4.06. The molecule has 7 rings (SSSR count). The highest BCUT2D eigenvalue weighted by atomic mass is 16.2. The third kappa shape index (κ3) is 5.70. The van der Waals surface area contributed by atoms with Crippen molar-refractivity contribution in [1.82, 2.24) is 25.5 Å². The summed E-state index contributed by atoms with van der Waals surface area (Å²) in [6, 6.07) is 8.43. The van der Waals surface area contributed by atoms with Crippen LogP contribution in [0.5, 0.6) is 0 Å². The monoisotopic (exact) mass is 605 g/mol. The summed E-state index contributed by atoms with van der Waals surface area (Å²) in [5.74, 6) is -1.08. The summed E-state index contributed by atoms with van der Waals surface area (Å²) < 4.78 is 0. The SMILES string of the molecule is N=C(/C(=C\NC1CC(CCCNc2ccc3c(c2)C(=O)N(C2CCC(=O)NC2=O)C3=O)C1)c1nccc2ccncc12)C1CC1. The van der Waals surface area contributed by atoms with Crippen LogP contribution in [0, 0.1) is 17.2 Å². The highest BCUT2D eigenvalue weighted by molar-refractivity contribution is 6.26. The van der Waals surface area contributed by atoms with Gasteiger partial charge in [0.1, 0.15) is 6.04 Å². The number of imide groups is 2. The summed E-state index contributed by atoms with van der Waals surface area (Å²) in [6.07, 6.45) is 13.9. The standard InChI is InChI=1S/C34H35N7O4/c35-30(21-3-4-21)27(31-26-17-36-12-9-20(26)10-13-38-31)18-39-23-14-19(15-23)2-1-11-37-22-5-6-24-25(16-22)34(45)41(33(24)44)28-7-8-29(42)40-32(28)43/h5-6,9-10,12-13,16-19,21,23,28,35,37,39H,1-4,7-8,11,14-15H2,(H,40,42,43)/b27-18+,35-30?. The highest BCUT2D eigenvalue weighted by Gasteiger charge is 2.44. The quantitative estimate of drug-likeness (QED) is 0.145. The lowest BCUT2D eigenvalue weighted by atomic mass is 9.77. The lowest BCUT2D eigenvalue weighted by molar-refractivity contribution is -0.136. The van der Waals surface area contributed by atoms with Gasteiger partial charge in [-0.15, -0.1) is 0 Å². The number of hydrogen-bond donors (Lipinski definition) is 4. The van der Waals surface area contributed by atoms with Crippen LogP contribution < -0.4 is 16.0 Å². The van der Waals surface area contributed by atoms with Gasteiger partial charge in [-0.05, 0) is 86.6 Å². The number of amides is 4.